The van der Waals surface area contributed by atoms with Crippen LogP contribution in [-0.2, 0) is 4.79 Å². The molecule has 0 amide bonds. The Labute approximate surface area is 90.1 Å². The van der Waals surface area contributed by atoms with Crippen LogP contribution in [0.4, 0.5) is 0 Å². The van der Waals surface area contributed by atoms with Gasteiger partial charge < -0.3 is 10.8 Å². The van der Waals surface area contributed by atoms with Gasteiger partial charge >= 0.3 is 5.97 Å². The van der Waals surface area contributed by atoms with E-state index in [2.05, 4.69) is 4.98 Å². The molecule has 0 fully saturated rings. The minimum atomic E-state index is -1.11. The topological polar surface area (TPSA) is 80.6 Å². The molecule has 78 valence electrons. The van der Waals surface area contributed by atoms with E-state index in [1.165, 1.54) is 4.40 Å². The van der Waals surface area contributed by atoms with Crippen molar-refractivity contribution in [1.29, 1.82) is 0 Å². The van der Waals surface area contributed by atoms with Gasteiger partial charge in [-0.15, -0.1) is 0 Å². The SMILES string of the molecule is NC(C(=O)O)c1cccc2cnc(Cl)n12. The lowest BCUT2D eigenvalue weighted by Gasteiger charge is -2.09. The van der Waals surface area contributed by atoms with Crippen LogP contribution < -0.4 is 5.73 Å². The maximum Gasteiger partial charge on any atom is 0.326 e. The lowest BCUT2D eigenvalue weighted by atomic mass is 10.2. The number of fused-ring (bicyclic) bond motifs is 1. The molecule has 6 heteroatoms. The summed E-state index contributed by atoms with van der Waals surface area (Å²) in [4.78, 5) is 14.7. The van der Waals surface area contributed by atoms with Gasteiger partial charge in [0, 0.05) is 0 Å². The van der Waals surface area contributed by atoms with Crippen molar-refractivity contribution >= 4 is 23.1 Å². The summed E-state index contributed by atoms with van der Waals surface area (Å²) in [5.74, 6) is -1.10. The minimum absolute atomic E-state index is 0.206. The summed E-state index contributed by atoms with van der Waals surface area (Å²) >= 11 is 5.83. The van der Waals surface area contributed by atoms with Gasteiger partial charge in [-0.05, 0) is 23.7 Å². The molecule has 5 nitrogen and oxygen atoms in total. The number of halogens is 1. The van der Waals surface area contributed by atoms with Gasteiger partial charge in [0.05, 0.1) is 17.4 Å². The molecule has 3 N–H and O–H groups in total. The highest BCUT2D eigenvalue weighted by molar-refractivity contribution is 6.28. The van der Waals surface area contributed by atoms with E-state index in [0.29, 0.717) is 11.2 Å². The molecular formula is C9H8ClN3O2. The smallest absolute Gasteiger partial charge is 0.326 e. The molecule has 2 aromatic heterocycles. The second kappa shape index (κ2) is 3.52. The van der Waals surface area contributed by atoms with E-state index in [9.17, 15) is 4.79 Å². The zero-order valence-electron chi connectivity index (χ0n) is 7.59. The molecule has 0 saturated heterocycles. The third-order valence-electron chi connectivity index (χ3n) is 2.12. The van der Waals surface area contributed by atoms with Crippen LogP contribution in [0.25, 0.3) is 5.52 Å². The van der Waals surface area contributed by atoms with Crippen molar-refractivity contribution in [3.05, 3.63) is 35.4 Å². The van der Waals surface area contributed by atoms with Crippen molar-refractivity contribution in [2.24, 2.45) is 5.73 Å². The van der Waals surface area contributed by atoms with E-state index < -0.39 is 12.0 Å². The number of imidazole rings is 1. The standard InChI is InChI=1S/C9H8ClN3O2/c10-9-12-4-5-2-1-3-6(13(5)9)7(11)8(14)15/h1-4,7H,11H2,(H,14,15). The fourth-order valence-corrected chi connectivity index (χ4v) is 1.65. The third-order valence-corrected chi connectivity index (χ3v) is 2.39. The summed E-state index contributed by atoms with van der Waals surface area (Å²) in [5.41, 5.74) is 6.65. The molecular weight excluding hydrogens is 218 g/mol. The van der Waals surface area contributed by atoms with Crippen molar-refractivity contribution in [2.75, 3.05) is 0 Å². The van der Waals surface area contributed by atoms with Crippen LogP contribution in [0.5, 0.6) is 0 Å². The number of pyridine rings is 1. The molecule has 0 spiro atoms. The maximum absolute atomic E-state index is 10.8. The van der Waals surface area contributed by atoms with Crippen LogP contribution >= 0.6 is 11.6 Å². The Morgan fingerprint density at radius 2 is 2.33 bits per heavy atom. The predicted molar refractivity (Wildman–Crippen MR) is 54.8 cm³/mol. The van der Waals surface area contributed by atoms with E-state index in [1.54, 1.807) is 24.4 Å². The number of aliphatic carboxylic acids is 1. The predicted octanol–water partition coefficient (Wildman–Crippen LogP) is 1.07. The monoisotopic (exact) mass is 225 g/mol. The van der Waals surface area contributed by atoms with Crippen molar-refractivity contribution in [3.8, 4) is 0 Å². The Hall–Kier alpha value is -1.59. The van der Waals surface area contributed by atoms with Gasteiger partial charge in [0.15, 0.2) is 0 Å². The molecule has 0 aliphatic heterocycles. The fourth-order valence-electron chi connectivity index (χ4n) is 1.40. The highest BCUT2D eigenvalue weighted by atomic mass is 35.5. The first kappa shape index (κ1) is 9.95. The first-order valence-corrected chi connectivity index (χ1v) is 4.59. The zero-order chi connectivity index (χ0) is 11.0. The van der Waals surface area contributed by atoms with Gasteiger partial charge in [-0.1, -0.05) is 6.07 Å². The van der Waals surface area contributed by atoms with E-state index in [-0.39, 0.29) is 5.28 Å². The van der Waals surface area contributed by atoms with Crippen molar-refractivity contribution in [2.45, 2.75) is 6.04 Å². The highest BCUT2D eigenvalue weighted by Crippen LogP contribution is 2.18. The molecule has 0 radical (unpaired) electrons. The molecule has 2 aromatic rings. The van der Waals surface area contributed by atoms with Crippen LogP contribution in [0.3, 0.4) is 0 Å². The summed E-state index contributed by atoms with van der Waals surface area (Å²) in [7, 11) is 0. The minimum Gasteiger partial charge on any atom is -0.480 e. The molecule has 0 bridgehead atoms. The Bertz CT molecular complexity index is 523. The Morgan fingerprint density at radius 1 is 1.60 bits per heavy atom. The number of carboxylic acid groups (broad SMARTS) is 1. The Kier molecular flexibility index (Phi) is 2.34. The van der Waals surface area contributed by atoms with Crippen LogP contribution in [0.15, 0.2) is 24.4 Å². The Balaban J connectivity index is 2.69. The Morgan fingerprint density at radius 3 is 3.00 bits per heavy atom. The van der Waals surface area contributed by atoms with Crippen LogP contribution in [0.2, 0.25) is 5.28 Å². The summed E-state index contributed by atoms with van der Waals surface area (Å²) < 4.78 is 1.51. The average Bonchev–Trinajstić information content (AvgIpc) is 2.59. The molecule has 2 rings (SSSR count). The van der Waals surface area contributed by atoms with Crippen molar-refractivity contribution < 1.29 is 9.90 Å². The van der Waals surface area contributed by atoms with Crippen molar-refractivity contribution in [3.63, 3.8) is 0 Å². The fraction of sp³-hybridized carbons (Fsp3) is 0.111. The molecule has 0 aromatic carbocycles. The lowest BCUT2D eigenvalue weighted by molar-refractivity contribution is -0.138. The van der Waals surface area contributed by atoms with Crippen LogP contribution in [-0.4, -0.2) is 20.5 Å². The maximum atomic E-state index is 10.8. The summed E-state index contributed by atoms with van der Waals surface area (Å²) in [6.45, 7) is 0. The number of carboxylic acids is 1. The van der Waals surface area contributed by atoms with E-state index in [0.717, 1.165) is 0 Å². The van der Waals surface area contributed by atoms with Gasteiger partial charge in [0.1, 0.15) is 6.04 Å². The number of rotatable bonds is 2. The summed E-state index contributed by atoms with van der Waals surface area (Å²) in [6, 6.07) is 3.99. The number of aromatic nitrogens is 2. The van der Waals surface area contributed by atoms with Crippen LogP contribution in [0.1, 0.15) is 11.7 Å². The zero-order valence-corrected chi connectivity index (χ0v) is 8.35. The van der Waals surface area contributed by atoms with Crippen LogP contribution in [0, 0.1) is 0 Å². The number of carbonyl (C=O) groups is 1. The molecule has 1 unspecified atom stereocenters. The van der Waals surface area contributed by atoms with Gasteiger partial charge in [0.25, 0.3) is 0 Å². The third kappa shape index (κ3) is 1.55. The number of hydrogen-bond donors (Lipinski definition) is 2. The lowest BCUT2D eigenvalue weighted by Crippen LogP contribution is -2.23. The molecule has 15 heavy (non-hydrogen) atoms. The van der Waals surface area contributed by atoms with Gasteiger partial charge in [-0.25, -0.2) is 4.98 Å². The quantitative estimate of drug-likeness (QED) is 0.801. The molecule has 0 aliphatic rings. The average molecular weight is 226 g/mol. The van der Waals surface area contributed by atoms with E-state index in [4.69, 9.17) is 22.4 Å². The van der Waals surface area contributed by atoms with Crippen molar-refractivity contribution in [1.82, 2.24) is 9.38 Å². The first-order chi connectivity index (χ1) is 7.11. The second-order valence-corrected chi connectivity index (χ2v) is 3.39. The van der Waals surface area contributed by atoms with E-state index in [1.807, 2.05) is 0 Å². The molecule has 1 atom stereocenters. The number of nitrogens with zero attached hydrogens (tertiary/aromatic N) is 2. The molecule has 2 heterocycles. The van der Waals surface area contributed by atoms with Gasteiger partial charge in [0.2, 0.25) is 5.28 Å². The normalized spacial score (nSPS) is 12.9. The van der Waals surface area contributed by atoms with Gasteiger partial charge in [-0.2, -0.15) is 0 Å². The largest absolute Gasteiger partial charge is 0.480 e. The number of nitrogens with two attached hydrogens (primary N) is 1. The first-order valence-electron chi connectivity index (χ1n) is 4.21. The summed E-state index contributed by atoms with van der Waals surface area (Å²) in [6.07, 6.45) is 1.56. The second-order valence-electron chi connectivity index (χ2n) is 3.05. The molecule has 0 aliphatic carbocycles. The van der Waals surface area contributed by atoms with Gasteiger partial charge in [-0.3, -0.25) is 9.20 Å². The summed E-state index contributed by atoms with van der Waals surface area (Å²) in [5, 5.41) is 9.03. The number of hydrogen-bond acceptors (Lipinski definition) is 3. The highest BCUT2D eigenvalue weighted by Gasteiger charge is 2.18. The molecule has 0 saturated carbocycles. The van der Waals surface area contributed by atoms with E-state index >= 15 is 0 Å².